The van der Waals surface area contributed by atoms with Crippen molar-refractivity contribution in [1.29, 1.82) is 0 Å². The fraction of sp³-hybridized carbons (Fsp3) is 0.625. The molecule has 0 unspecified atom stereocenters. The van der Waals surface area contributed by atoms with Crippen molar-refractivity contribution in [2.45, 2.75) is 13.3 Å². The third-order valence-electron chi connectivity index (χ3n) is 1.08. The number of rotatable bonds is 5. The van der Waals surface area contributed by atoms with Crippen LogP contribution in [0, 0.1) is 11.8 Å². The first-order valence-corrected chi connectivity index (χ1v) is 4.21. The molecule has 0 fully saturated rings. The van der Waals surface area contributed by atoms with Crippen LogP contribution < -0.4 is 10.8 Å². The van der Waals surface area contributed by atoms with Gasteiger partial charge in [-0.2, -0.15) is 0 Å². The standard InChI is InChI=1S/C8H14N2OS/c1-3-5-8(12)10-11-7-4-6-9-2/h9H,4,6-7H2,1-2H3,(H,10,12). The molecule has 0 spiro atoms. The van der Waals surface area contributed by atoms with Crippen LogP contribution in [0.5, 0.6) is 0 Å². The van der Waals surface area contributed by atoms with Crippen LogP contribution in [-0.4, -0.2) is 25.2 Å². The lowest BCUT2D eigenvalue weighted by Gasteiger charge is -2.02. The summed E-state index contributed by atoms with van der Waals surface area (Å²) in [7, 11) is 1.90. The van der Waals surface area contributed by atoms with Crippen molar-refractivity contribution in [2.75, 3.05) is 20.2 Å². The van der Waals surface area contributed by atoms with Gasteiger partial charge in [0.05, 0.1) is 6.61 Å². The molecule has 0 saturated heterocycles. The van der Waals surface area contributed by atoms with Crippen molar-refractivity contribution in [3.8, 4) is 11.8 Å². The van der Waals surface area contributed by atoms with Gasteiger partial charge < -0.3 is 5.32 Å². The Balaban J connectivity index is 3.18. The van der Waals surface area contributed by atoms with E-state index in [1.807, 2.05) is 7.05 Å². The van der Waals surface area contributed by atoms with Crippen LogP contribution in [0.2, 0.25) is 0 Å². The molecule has 0 saturated carbocycles. The Hall–Kier alpha value is -0.630. The summed E-state index contributed by atoms with van der Waals surface area (Å²) in [5.41, 5.74) is 2.57. The third kappa shape index (κ3) is 7.48. The van der Waals surface area contributed by atoms with Gasteiger partial charge in [-0.05, 0) is 45.1 Å². The van der Waals surface area contributed by atoms with Crippen molar-refractivity contribution in [1.82, 2.24) is 10.8 Å². The zero-order valence-electron chi connectivity index (χ0n) is 7.44. The Kier molecular flexibility index (Phi) is 8.02. The van der Waals surface area contributed by atoms with Crippen LogP contribution in [0.25, 0.3) is 0 Å². The van der Waals surface area contributed by atoms with Gasteiger partial charge in [0.2, 0.25) is 0 Å². The monoisotopic (exact) mass is 186 g/mol. The van der Waals surface area contributed by atoms with Crippen LogP contribution in [0.4, 0.5) is 0 Å². The molecule has 0 aromatic rings. The van der Waals surface area contributed by atoms with E-state index < -0.39 is 0 Å². The molecular formula is C8H14N2OS. The average Bonchev–Trinajstić information content (AvgIpc) is 2.05. The smallest absolute Gasteiger partial charge is 0.174 e. The van der Waals surface area contributed by atoms with Gasteiger partial charge in [-0.3, -0.25) is 4.84 Å². The second kappa shape index (κ2) is 8.47. The molecular weight excluding hydrogens is 172 g/mol. The molecule has 0 atom stereocenters. The van der Waals surface area contributed by atoms with Gasteiger partial charge in [0.1, 0.15) is 0 Å². The highest BCUT2D eigenvalue weighted by Gasteiger charge is 1.89. The van der Waals surface area contributed by atoms with Crippen LogP contribution in [0.1, 0.15) is 13.3 Å². The summed E-state index contributed by atoms with van der Waals surface area (Å²) in [6.45, 7) is 3.30. The van der Waals surface area contributed by atoms with Gasteiger partial charge >= 0.3 is 0 Å². The summed E-state index contributed by atoms with van der Waals surface area (Å²) in [6, 6.07) is 0. The molecule has 0 aromatic carbocycles. The highest BCUT2D eigenvalue weighted by atomic mass is 32.1. The van der Waals surface area contributed by atoms with E-state index in [2.05, 4.69) is 22.6 Å². The van der Waals surface area contributed by atoms with Crippen LogP contribution in [0.15, 0.2) is 0 Å². The Morgan fingerprint density at radius 2 is 2.33 bits per heavy atom. The summed E-state index contributed by atoms with van der Waals surface area (Å²) in [5.74, 6) is 5.34. The van der Waals surface area contributed by atoms with E-state index >= 15 is 0 Å². The van der Waals surface area contributed by atoms with E-state index in [-0.39, 0.29) is 0 Å². The Labute approximate surface area is 78.8 Å². The van der Waals surface area contributed by atoms with Crippen molar-refractivity contribution < 1.29 is 4.84 Å². The summed E-state index contributed by atoms with van der Waals surface area (Å²) in [4.78, 5) is 5.45. The maximum atomic E-state index is 5.02. The Morgan fingerprint density at radius 3 is 2.92 bits per heavy atom. The zero-order chi connectivity index (χ0) is 9.23. The lowest BCUT2D eigenvalue weighted by atomic mass is 10.5. The fourth-order valence-corrected chi connectivity index (χ4v) is 0.738. The largest absolute Gasteiger partial charge is 0.320 e. The molecule has 0 aliphatic carbocycles. The molecule has 0 aromatic heterocycles. The van der Waals surface area contributed by atoms with E-state index in [0.717, 1.165) is 13.0 Å². The maximum absolute atomic E-state index is 5.02. The van der Waals surface area contributed by atoms with Crippen molar-refractivity contribution in [3.63, 3.8) is 0 Å². The topological polar surface area (TPSA) is 33.3 Å². The molecule has 2 N–H and O–H groups in total. The molecule has 68 valence electrons. The molecule has 4 heteroatoms. The van der Waals surface area contributed by atoms with Gasteiger partial charge in [-0.1, -0.05) is 5.92 Å². The summed E-state index contributed by atoms with van der Waals surface area (Å²) >= 11 is 4.81. The van der Waals surface area contributed by atoms with E-state index in [1.54, 1.807) is 6.92 Å². The number of nitrogens with one attached hydrogen (secondary N) is 2. The first kappa shape index (κ1) is 11.4. The second-order valence-corrected chi connectivity index (χ2v) is 2.52. The molecule has 0 heterocycles. The van der Waals surface area contributed by atoms with E-state index in [0.29, 0.717) is 11.6 Å². The third-order valence-corrected chi connectivity index (χ3v) is 1.26. The summed E-state index contributed by atoms with van der Waals surface area (Å²) < 4.78 is 0. The lowest BCUT2D eigenvalue weighted by molar-refractivity contribution is 0.0859. The molecule has 0 aliphatic rings. The fourth-order valence-electron chi connectivity index (χ4n) is 0.577. The van der Waals surface area contributed by atoms with Gasteiger partial charge in [0.25, 0.3) is 0 Å². The van der Waals surface area contributed by atoms with Crippen LogP contribution in [-0.2, 0) is 4.84 Å². The number of hydrogen-bond acceptors (Lipinski definition) is 3. The van der Waals surface area contributed by atoms with E-state index in [4.69, 9.17) is 17.1 Å². The van der Waals surface area contributed by atoms with Crippen molar-refractivity contribution >= 4 is 17.2 Å². The predicted octanol–water partition coefficient (Wildman–Crippen LogP) is 0.468. The first-order chi connectivity index (χ1) is 5.81. The maximum Gasteiger partial charge on any atom is 0.174 e. The van der Waals surface area contributed by atoms with Gasteiger partial charge in [-0.25, -0.2) is 5.48 Å². The predicted molar refractivity (Wildman–Crippen MR) is 53.7 cm³/mol. The van der Waals surface area contributed by atoms with Gasteiger partial charge in [0, 0.05) is 0 Å². The SMILES string of the molecule is CC#CC(=S)NOCCCNC. The molecule has 12 heavy (non-hydrogen) atoms. The van der Waals surface area contributed by atoms with Crippen molar-refractivity contribution in [3.05, 3.63) is 0 Å². The van der Waals surface area contributed by atoms with Crippen molar-refractivity contribution in [2.24, 2.45) is 0 Å². The summed E-state index contributed by atoms with van der Waals surface area (Å²) in [5, 5.41) is 3.01. The molecule has 3 nitrogen and oxygen atoms in total. The zero-order valence-corrected chi connectivity index (χ0v) is 8.25. The quantitative estimate of drug-likeness (QED) is 0.283. The highest BCUT2D eigenvalue weighted by molar-refractivity contribution is 7.80. The molecule has 0 bridgehead atoms. The Morgan fingerprint density at radius 1 is 1.58 bits per heavy atom. The molecule has 0 radical (unpaired) electrons. The van der Waals surface area contributed by atoms with E-state index in [1.165, 1.54) is 0 Å². The minimum atomic E-state index is 0.432. The lowest BCUT2D eigenvalue weighted by Crippen LogP contribution is -2.22. The number of hydroxylamine groups is 1. The number of hydrogen-bond donors (Lipinski definition) is 2. The second-order valence-electron chi connectivity index (χ2n) is 2.11. The van der Waals surface area contributed by atoms with E-state index in [9.17, 15) is 0 Å². The first-order valence-electron chi connectivity index (χ1n) is 3.80. The molecule has 0 amide bonds. The summed E-state index contributed by atoms with van der Waals surface area (Å²) in [6.07, 6.45) is 0.950. The highest BCUT2D eigenvalue weighted by Crippen LogP contribution is 1.77. The van der Waals surface area contributed by atoms with Gasteiger partial charge in [-0.15, -0.1) is 0 Å². The van der Waals surface area contributed by atoms with Crippen LogP contribution >= 0.6 is 12.2 Å². The average molecular weight is 186 g/mol. The van der Waals surface area contributed by atoms with Crippen LogP contribution in [0.3, 0.4) is 0 Å². The number of thiocarbonyl (C=S) groups is 1. The normalized spacial score (nSPS) is 8.50. The Bertz CT molecular complexity index is 183. The van der Waals surface area contributed by atoms with Gasteiger partial charge in [0.15, 0.2) is 4.99 Å². The molecule has 0 aliphatic heterocycles. The molecule has 0 rings (SSSR count). The minimum absolute atomic E-state index is 0.432. The minimum Gasteiger partial charge on any atom is -0.320 e.